The van der Waals surface area contributed by atoms with Gasteiger partial charge in [0.2, 0.25) is 0 Å². The quantitative estimate of drug-likeness (QED) is 0.498. The highest BCUT2D eigenvalue weighted by Gasteiger charge is 2.34. The van der Waals surface area contributed by atoms with Gasteiger partial charge >= 0.3 is 22.4 Å². The molecule has 11 nitrogen and oxygen atoms in total. The molecule has 0 aromatic carbocycles. The number of nitrogens with two attached hydrogens (primary N) is 1. The van der Waals surface area contributed by atoms with E-state index in [1.54, 1.807) is 4.90 Å². The van der Waals surface area contributed by atoms with Gasteiger partial charge in [-0.25, -0.2) is 14.8 Å². The molecular weight excluding hydrogens is 483 g/mol. The lowest BCUT2D eigenvalue weighted by Gasteiger charge is -2.33. The van der Waals surface area contributed by atoms with Crippen molar-refractivity contribution in [3.8, 4) is 0 Å². The van der Waals surface area contributed by atoms with Gasteiger partial charge in [0.15, 0.2) is 5.03 Å². The third-order valence-electron chi connectivity index (χ3n) is 4.96. The standard InChI is InChI=1S/C19H20F3N5O6S/c20-19(21,22)12-6-14(16(25-8-12)27-5-1-2-11(9-27)10-28)17(29)26-13-3-4-24-15(7-13)34(31,32)33-18(23)30/h3-4,6-8,11,28H,1-2,5,9-10H2,(H2,23,30)(H,24,26,29). The van der Waals surface area contributed by atoms with E-state index in [0.717, 1.165) is 18.7 Å². The monoisotopic (exact) mass is 503 g/mol. The first-order chi connectivity index (χ1) is 15.9. The fourth-order valence-electron chi connectivity index (χ4n) is 3.41. The Morgan fingerprint density at radius 2 is 2.03 bits per heavy atom. The van der Waals surface area contributed by atoms with Crippen LogP contribution in [0.2, 0.25) is 0 Å². The van der Waals surface area contributed by atoms with Crippen LogP contribution in [0.5, 0.6) is 0 Å². The van der Waals surface area contributed by atoms with Gasteiger partial charge in [0, 0.05) is 43.8 Å². The van der Waals surface area contributed by atoms with E-state index in [0.29, 0.717) is 25.2 Å². The summed E-state index contributed by atoms with van der Waals surface area (Å²) in [6.45, 7) is 0.578. The summed E-state index contributed by atoms with van der Waals surface area (Å²) in [7, 11) is -4.67. The second-order valence-electron chi connectivity index (χ2n) is 7.42. The second kappa shape index (κ2) is 9.80. The molecule has 0 bridgehead atoms. The molecule has 1 fully saturated rings. The van der Waals surface area contributed by atoms with Crippen LogP contribution in [0, 0.1) is 5.92 Å². The third-order valence-corrected chi connectivity index (χ3v) is 6.08. The van der Waals surface area contributed by atoms with E-state index in [1.807, 2.05) is 0 Å². The average molecular weight is 503 g/mol. The Labute approximate surface area is 191 Å². The van der Waals surface area contributed by atoms with Crippen LogP contribution in [0.3, 0.4) is 0 Å². The van der Waals surface area contributed by atoms with Crippen molar-refractivity contribution in [1.82, 2.24) is 9.97 Å². The van der Waals surface area contributed by atoms with Crippen LogP contribution in [0.4, 0.5) is 29.5 Å². The smallest absolute Gasteiger partial charge is 0.396 e. The van der Waals surface area contributed by atoms with Crippen molar-refractivity contribution in [2.45, 2.75) is 24.0 Å². The minimum Gasteiger partial charge on any atom is -0.396 e. The summed E-state index contributed by atoms with van der Waals surface area (Å²) in [6, 6.07) is 2.68. The molecule has 1 unspecified atom stereocenters. The van der Waals surface area contributed by atoms with Crippen molar-refractivity contribution >= 4 is 33.6 Å². The van der Waals surface area contributed by atoms with E-state index in [4.69, 9.17) is 5.73 Å². The van der Waals surface area contributed by atoms with Gasteiger partial charge in [0.25, 0.3) is 5.91 Å². The lowest BCUT2D eigenvalue weighted by atomic mass is 9.98. The Hall–Kier alpha value is -3.46. The van der Waals surface area contributed by atoms with Gasteiger partial charge in [-0.2, -0.15) is 21.6 Å². The summed E-state index contributed by atoms with van der Waals surface area (Å²) in [4.78, 5) is 32.8. The summed E-state index contributed by atoms with van der Waals surface area (Å²) < 4.78 is 67.8. The van der Waals surface area contributed by atoms with Gasteiger partial charge in [-0.05, 0) is 30.9 Å². The summed E-state index contributed by atoms with van der Waals surface area (Å²) in [5.74, 6) is -1.14. The number of amides is 2. The number of hydrogen-bond donors (Lipinski definition) is 3. The lowest BCUT2D eigenvalue weighted by molar-refractivity contribution is -0.137. The minimum absolute atomic E-state index is 0.0115. The molecule has 1 aliphatic rings. The molecule has 1 aliphatic heterocycles. The number of aliphatic hydroxyl groups excluding tert-OH is 1. The molecule has 0 radical (unpaired) electrons. The molecular formula is C19H20F3N5O6S. The summed E-state index contributed by atoms with van der Waals surface area (Å²) >= 11 is 0. The molecule has 0 aliphatic carbocycles. The van der Waals surface area contributed by atoms with Crippen molar-refractivity contribution in [2.24, 2.45) is 11.7 Å². The number of pyridine rings is 2. The van der Waals surface area contributed by atoms with Crippen molar-refractivity contribution < 1.29 is 40.5 Å². The van der Waals surface area contributed by atoms with Crippen molar-refractivity contribution in [1.29, 1.82) is 0 Å². The highest BCUT2D eigenvalue weighted by molar-refractivity contribution is 7.87. The van der Waals surface area contributed by atoms with Crippen LogP contribution in [0.25, 0.3) is 0 Å². The minimum atomic E-state index is -4.76. The number of piperidine rings is 1. The van der Waals surface area contributed by atoms with E-state index < -0.39 is 44.4 Å². The zero-order valence-corrected chi connectivity index (χ0v) is 18.3. The lowest BCUT2D eigenvalue weighted by Crippen LogP contribution is -2.38. The van der Waals surface area contributed by atoms with Crippen LogP contribution in [0.15, 0.2) is 35.6 Å². The number of aliphatic hydroxyl groups is 1. The van der Waals surface area contributed by atoms with Crippen LogP contribution in [0.1, 0.15) is 28.8 Å². The molecule has 184 valence electrons. The van der Waals surface area contributed by atoms with E-state index >= 15 is 0 Å². The van der Waals surface area contributed by atoms with Crippen LogP contribution in [-0.4, -0.2) is 55.2 Å². The number of hydrogen-bond acceptors (Lipinski definition) is 9. The maximum atomic E-state index is 13.3. The molecule has 3 heterocycles. The molecule has 2 aromatic rings. The van der Waals surface area contributed by atoms with Crippen molar-refractivity contribution in [2.75, 3.05) is 29.9 Å². The number of rotatable bonds is 6. The Kier molecular flexibility index (Phi) is 7.26. The molecule has 2 aromatic heterocycles. The Bertz CT molecular complexity index is 1190. The van der Waals surface area contributed by atoms with Crippen LogP contribution >= 0.6 is 0 Å². The maximum Gasteiger partial charge on any atom is 0.420 e. The van der Waals surface area contributed by atoms with Gasteiger partial charge in [-0.15, -0.1) is 0 Å². The number of halogens is 3. The zero-order valence-electron chi connectivity index (χ0n) is 17.4. The Morgan fingerprint density at radius 1 is 1.29 bits per heavy atom. The predicted molar refractivity (Wildman–Crippen MR) is 111 cm³/mol. The number of nitrogens with zero attached hydrogens (tertiary/aromatic N) is 3. The number of primary amides is 1. The van der Waals surface area contributed by atoms with Gasteiger partial charge in [0.1, 0.15) is 5.82 Å². The third kappa shape index (κ3) is 5.91. The first-order valence-electron chi connectivity index (χ1n) is 9.85. The number of nitrogens with one attached hydrogen (secondary N) is 1. The average Bonchev–Trinajstić information content (AvgIpc) is 2.77. The van der Waals surface area contributed by atoms with Crippen molar-refractivity contribution in [3.05, 3.63) is 41.7 Å². The van der Waals surface area contributed by atoms with E-state index in [2.05, 4.69) is 19.5 Å². The molecule has 4 N–H and O–H groups in total. The molecule has 0 saturated carbocycles. The molecule has 1 saturated heterocycles. The first kappa shape index (κ1) is 25.2. The molecule has 1 atom stereocenters. The summed E-state index contributed by atoms with van der Waals surface area (Å²) in [5.41, 5.74) is 3.01. The van der Waals surface area contributed by atoms with Gasteiger partial charge in [-0.3, -0.25) is 4.79 Å². The summed E-state index contributed by atoms with van der Waals surface area (Å²) in [5, 5.41) is 11.0. The molecule has 34 heavy (non-hydrogen) atoms. The number of alkyl halides is 3. The van der Waals surface area contributed by atoms with Crippen LogP contribution in [-0.2, 0) is 20.5 Å². The highest BCUT2D eigenvalue weighted by Crippen LogP contribution is 2.33. The topological polar surface area (TPSA) is 165 Å². The Balaban J connectivity index is 1.96. The summed E-state index contributed by atoms with van der Waals surface area (Å²) in [6.07, 6.45) is -3.41. The number of anilines is 2. The van der Waals surface area contributed by atoms with E-state index in [1.165, 1.54) is 6.07 Å². The van der Waals surface area contributed by atoms with Gasteiger partial charge in [-0.1, -0.05) is 0 Å². The van der Waals surface area contributed by atoms with E-state index in [9.17, 15) is 36.3 Å². The molecule has 15 heteroatoms. The largest absolute Gasteiger partial charge is 0.420 e. The highest BCUT2D eigenvalue weighted by atomic mass is 32.2. The number of carbonyl (C=O) groups is 2. The van der Waals surface area contributed by atoms with Gasteiger partial charge in [0.05, 0.1) is 11.1 Å². The fraction of sp³-hybridized carbons (Fsp3) is 0.368. The van der Waals surface area contributed by atoms with E-state index in [-0.39, 0.29) is 30.6 Å². The molecule has 2 amide bonds. The first-order valence-corrected chi connectivity index (χ1v) is 11.3. The fourth-order valence-corrected chi connectivity index (χ4v) is 4.17. The normalized spacial score (nSPS) is 16.7. The molecule has 3 rings (SSSR count). The Morgan fingerprint density at radius 3 is 2.68 bits per heavy atom. The second-order valence-corrected chi connectivity index (χ2v) is 8.92. The predicted octanol–water partition coefficient (Wildman–Crippen LogP) is 1.74. The SMILES string of the molecule is NC(=O)OS(=O)(=O)c1cc(NC(=O)c2cc(C(F)(F)F)cnc2N2CCCC(CO)C2)ccn1. The van der Waals surface area contributed by atoms with Gasteiger partial charge < -0.3 is 25.2 Å². The zero-order chi connectivity index (χ0) is 25.1. The maximum absolute atomic E-state index is 13.3. The molecule has 0 spiro atoms. The number of carbonyl (C=O) groups excluding carboxylic acids is 2. The van der Waals surface area contributed by atoms with Crippen LogP contribution < -0.4 is 16.0 Å². The van der Waals surface area contributed by atoms with Crippen molar-refractivity contribution in [3.63, 3.8) is 0 Å². The number of aromatic nitrogens is 2.